The molecule has 2 aromatic carbocycles. The van der Waals surface area contributed by atoms with E-state index in [1.165, 1.54) is 42.5 Å². The fraction of sp³-hybridized carbons (Fsp3) is 0.0625. The Kier molecular flexibility index (Phi) is 5.36. The molecule has 0 saturated carbocycles. The van der Waals surface area contributed by atoms with E-state index < -0.39 is 22.8 Å². The number of hydrogen-bond acceptors (Lipinski definition) is 3. The Hall–Kier alpha value is -2.23. The number of nitrogens with one attached hydrogen (secondary N) is 1. The van der Waals surface area contributed by atoms with E-state index in [-0.39, 0.29) is 21.4 Å². The first-order chi connectivity index (χ1) is 12.6. The van der Waals surface area contributed by atoms with Crippen molar-refractivity contribution in [3.8, 4) is 16.9 Å². The topological polar surface area (TPSA) is 64.0 Å². The van der Waals surface area contributed by atoms with Crippen molar-refractivity contribution in [3.05, 3.63) is 64.3 Å². The minimum absolute atomic E-state index is 0.150. The molecule has 0 radical (unpaired) electrons. The average molecular weight is 436 g/mol. The zero-order valence-corrected chi connectivity index (χ0v) is 15.6. The molecule has 0 atom stereocenters. The molecule has 0 saturated heterocycles. The molecule has 0 amide bonds. The zero-order chi connectivity index (χ0) is 19.8. The van der Waals surface area contributed by atoms with Crippen LogP contribution in [0.3, 0.4) is 0 Å². The summed E-state index contributed by atoms with van der Waals surface area (Å²) in [4.78, 5) is 0. The molecule has 3 aromatic rings. The molecule has 0 aliphatic carbocycles. The van der Waals surface area contributed by atoms with Gasteiger partial charge < -0.3 is 0 Å². The van der Waals surface area contributed by atoms with Crippen LogP contribution < -0.4 is 4.72 Å². The van der Waals surface area contributed by atoms with Crippen LogP contribution in [-0.2, 0) is 17.1 Å². The van der Waals surface area contributed by atoms with Gasteiger partial charge in [-0.25, -0.2) is 13.1 Å². The lowest BCUT2D eigenvalue weighted by molar-refractivity contribution is -0.141. The number of aromatic nitrogens is 2. The van der Waals surface area contributed by atoms with Gasteiger partial charge >= 0.3 is 6.18 Å². The molecule has 0 fully saturated rings. The van der Waals surface area contributed by atoms with Gasteiger partial charge in [-0.05, 0) is 42.5 Å². The Morgan fingerprint density at radius 3 is 2.19 bits per heavy atom. The largest absolute Gasteiger partial charge is 0.435 e. The van der Waals surface area contributed by atoms with Crippen molar-refractivity contribution in [2.24, 2.45) is 0 Å². The van der Waals surface area contributed by atoms with Crippen LogP contribution >= 0.6 is 23.2 Å². The van der Waals surface area contributed by atoms with Crippen LogP contribution in [0.25, 0.3) is 16.9 Å². The molecule has 0 aliphatic heterocycles. The Morgan fingerprint density at radius 2 is 1.63 bits per heavy atom. The summed E-state index contributed by atoms with van der Waals surface area (Å²) in [5.74, 6) is 0. The summed E-state index contributed by atoms with van der Waals surface area (Å²) >= 11 is 11.8. The second-order valence-corrected chi connectivity index (χ2v) is 6.92. The lowest BCUT2D eigenvalue weighted by atomic mass is 10.1. The molecule has 1 N–H and O–H groups in total. The van der Waals surface area contributed by atoms with E-state index in [1.807, 2.05) is 0 Å². The van der Waals surface area contributed by atoms with Gasteiger partial charge in [0.05, 0.1) is 21.4 Å². The van der Waals surface area contributed by atoms with Crippen LogP contribution in [0.2, 0.25) is 10.0 Å². The minimum atomic E-state index is -4.64. The third-order valence-electron chi connectivity index (χ3n) is 3.55. The number of anilines is 1. The standard InChI is InChI=1S/C16H10Cl2F3N3O2S/c17-12-6-1-9(7-13(12)18)14-8-15(16(19,20)21)22-24(14)11-4-2-10(3-5-11)23-27(25)26/h1-8,27H,(H,23,25,26). The number of hydrogen-bond donors (Lipinski definition) is 2. The van der Waals surface area contributed by atoms with Crippen LogP contribution in [0.5, 0.6) is 0 Å². The number of alkyl halides is 3. The van der Waals surface area contributed by atoms with E-state index in [0.717, 1.165) is 10.7 Å². The van der Waals surface area contributed by atoms with E-state index in [2.05, 4.69) is 9.82 Å². The quantitative estimate of drug-likeness (QED) is 0.578. The zero-order valence-electron chi connectivity index (χ0n) is 13.2. The van der Waals surface area contributed by atoms with E-state index in [4.69, 9.17) is 23.2 Å². The molecular weight excluding hydrogens is 426 g/mol. The molecule has 0 aliphatic rings. The molecule has 5 nitrogen and oxygen atoms in total. The Bertz CT molecular complexity index is 1060. The summed E-state index contributed by atoms with van der Waals surface area (Å²) in [6.45, 7) is 0. The first-order valence-corrected chi connectivity index (χ1v) is 9.22. The van der Waals surface area contributed by atoms with Gasteiger partial charge in [0.15, 0.2) is 5.69 Å². The average Bonchev–Trinajstić information content (AvgIpc) is 3.03. The maximum Gasteiger partial charge on any atom is 0.435 e. The maximum absolute atomic E-state index is 13.2. The smallest absolute Gasteiger partial charge is 0.286 e. The third-order valence-corrected chi connectivity index (χ3v) is 4.73. The highest BCUT2D eigenvalue weighted by Crippen LogP contribution is 2.35. The van der Waals surface area contributed by atoms with Crippen molar-refractivity contribution in [2.75, 3.05) is 4.72 Å². The molecule has 0 unspecified atom stereocenters. The SMILES string of the molecule is O=[SH](=O)Nc1ccc(-n2nc(C(F)(F)F)cc2-c2ccc(Cl)c(Cl)c2)cc1. The number of nitrogens with zero attached hydrogens (tertiary/aromatic N) is 2. The van der Waals surface area contributed by atoms with Crippen LogP contribution in [0.1, 0.15) is 5.69 Å². The summed E-state index contributed by atoms with van der Waals surface area (Å²) in [5.41, 5.74) is 0.0366. The molecule has 11 heteroatoms. The third kappa shape index (κ3) is 4.37. The second-order valence-electron chi connectivity index (χ2n) is 5.37. The number of thiol groups is 1. The number of rotatable bonds is 4. The van der Waals surface area contributed by atoms with E-state index in [1.54, 1.807) is 0 Å². The van der Waals surface area contributed by atoms with Crippen molar-refractivity contribution in [1.29, 1.82) is 0 Å². The number of benzene rings is 2. The van der Waals surface area contributed by atoms with Gasteiger partial charge in [0.2, 0.25) is 10.9 Å². The lowest BCUT2D eigenvalue weighted by Gasteiger charge is -2.09. The van der Waals surface area contributed by atoms with Gasteiger partial charge in [0.1, 0.15) is 0 Å². The Balaban J connectivity index is 2.13. The van der Waals surface area contributed by atoms with Crippen molar-refractivity contribution in [2.45, 2.75) is 6.18 Å². The van der Waals surface area contributed by atoms with E-state index in [0.29, 0.717) is 11.3 Å². The van der Waals surface area contributed by atoms with Crippen molar-refractivity contribution in [1.82, 2.24) is 9.78 Å². The molecule has 3 rings (SSSR count). The summed E-state index contributed by atoms with van der Waals surface area (Å²) < 4.78 is 64.2. The highest BCUT2D eigenvalue weighted by Gasteiger charge is 2.35. The van der Waals surface area contributed by atoms with Crippen LogP contribution in [-0.4, -0.2) is 18.2 Å². The second kappa shape index (κ2) is 7.41. The van der Waals surface area contributed by atoms with Gasteiger partial charge in [0.25, 0.3) is 0 Å². The summed E-state index contributed by atoms with van der Waals surface area (Å²) in [6.07, 6.45) is -4.64. The Morgan fingerprint density at radius 1 is 0.963 bits per heavy atom. The van der Waals surface area contributed by atoms with Crippen molar-refractivity contribution >= 4 is 39.8 Å². The molecule has 0 bridgehead atoms. The predicted octanol–water partition coefficient (Wildman–Crippen LogP) is 4.80. The molecule has 0 spiro atoms. The first kappa shape index (κ1) is 19.5. The van der Waals surface area contributed by atoms with Crippen molar-refractivity contribution in [3.63, 3.8) is 0 Å². The molecule has 1 aromatic heterocycles. The molecule has 27 heavy (non-hydrogen) atoms. The summed E-state index contributed by atoms with van der Waals surface area (Å²) in [6, 6.07) is 11.0. The van der Waals surface area contributed by atoms with Crippen LogP contribution in [0.4, 0.5) is 18.9 Å². The number of halogens is 5. The normalized spacial score (nSPS) is 11.8. The fourth-order valence-corrected chi connectivity index (χ4v) is 3.02. The van der Waals surface area contributed by atoms with E-state index in [9.17, 15) is 21.6 Å². The molecule has 1 heterocycles. The molecule has 142 valence electrons. The predicted molar refractivity (Wildman–Crippen MR) is 98.0 cm³/mol. The summed E-state index contributed by atoms with van der Waals surface area (Å²) in [7, 11) is -2.85. The van der Waals surface area contributed by atoms with Gasteiger partial charge in [0, 0.05) is 11.3 Å². The van der Waals surface area contributed by atoms with Crippen molar-refractivity contribution < 1.29 is 21.6 Å². The monoisotopic (exact) mass is 435 g/mol. The van der Waals surface area contributed by atoms with Gasteiger partial charge in [-0.1, -0.05) is 29.3 Å². The van der Waals surface area contributed by atoms with Gasteiger partial charge in [-0.3, -0.25) is 4.72 Å². The molecular formula is C16H10Cl2F3N3O2S. The fourth-order valence-electron chi connectivity index (χ4n) is 2.36. The minimum Gasteiger partial charge on any atom is -0.286 e. The first-order valence-electron chi connectivity index (χ1n) is 7.29. The highest BCUT2D eigenvalue weighted by atomic mass is 35.5. The van der Waals surface area contributed by atoms with Crippen LogP contribution in [0.15, 0.2) is 48.5 Å². The summed E-state index contributed by atoms with van der Waals surface area (Å²) in [5, 5.41) is 4.10. The highest BCUT2D eigenvalue weighted by molar-refractivity contribution is 7.73. The van der Waals surface area contributed by atoms with Gasteiger partial charge in [-0.2, -0.15) is 18.3 Å². The lowest BCUT2D eigenvalue weighted by Crippen LogP contribution is -2.07. The van der Waals surface area contributed by atoms with Crippen LogP contribution in [0, 0.1) is 0 Å². The Labute approximate surface area is 163 Å². The van der Waals surface area contributed by atoms with E-state index >= 15 is 0 Å². The maximum atomic E-state index is 13.2. The van der Waals surface area contributed by atoms with Gasteiger partial charge in [-0.15, -0.1) is 0 Å².